The van der Waals surface area contributed by atoms with E-state index < -0.39 is 0 Å². The van der Waals surface area contributed by atoms with E-state index in [2.05, 4.69) is 20.9 Å². The zero-order valence-corrected chi connectivity index (χ0v) is 8.68. The third-order valence-corrected chi connectivity index (χ3v) is 2.52. The van der Waals surface area contributed by atoms with Crippen LogP contribution >= 0.6 is 15.9 Å². The Morgan fingerprint density at radius 3 is 2.92 bits per heavy atom. The molecule has 0 aliphatic carbocycles. The summed E-state index contributed by atoms with van der Waals surface area (Å²) in [6, 6.07) is 5.83. The third-order valence-electron chi connectivity index (χ3n) is 2.02. The molecule has 0 fully saturated rings. The zero-order chi connectivity index (χ0) is 9.42. The van der Waals surface area contributed by atoms with Crippen molar-refractivity contribution in [3.05, 3.63) is 34.4 Å². The molecule has 1 aromatic carbocycles. The van der Waals surface area contributed by atoms with Crippen molar-refractivity contribution in [2.75, 3.05) is 0 Å². The zero-order valence-electron chi connectivity index (χ0n) is 7.10. The number of aromatic nitrogens is 1. The first-order chi connectivity index (χ1) is 6.18. The summed E-state index contributed by atoms with van der Waals surface area (Å²) in [5, 5.41) is 0.982. The number of Topliss-reactive ketones (excluding diaryl/α,β-unsaturated/α-hetero) is 1. The SMILES string of the molecule is CC(=O)c1c[nH]c2cc(Br)ccc12. The molecule has 0 spiro atoms. The Kier molecular flexibility index (Phi) is 1.96. The normalized spacial score (nSPS) is 10.6. The number of aromatic amines is 1. The topological polar surface area (TPSA) is 32.9 Å². The lowest BCUT2D eigenvalue weighted by molar-refractivity contribution is 0.101. The molecule has 0 saturated heterocycles. The van der Waals surface area contributed by atoms with E-state index in [1.165, 1.54) is 0 Å². The van der Waals surface area contributed by atoms with E-state index in [0.29, 0.717) is 0 Å². The highest BCUT2D eigenvalue weighted by atomic mass is 79.9. The van der Waals surface area contributed by atoms with Gasteiger partial charge in [0.25, 0.3) is 0 Å². The number of ketones is 1. The van der Waals surface area contributed by atoms with Gasteiger partial charge in [0.1, 0.15) is 0 Å². The summed E-state index contributed by atoms with van der Waals surface area (Å²) in [6.07, 6.45) is 1.75. The lowest BCUT2D eigenvalue weighted by Gasteiger charge is -1.93. The van der Waals surface area contributed by atoms with Gasteiger partial charge in [0, 0.05) is 27.1 Å². The number of rotatable bonds is 1. The van der Waals surface area contributed by atoms with E-state index in [0.717, 1.165) is 20.9 Å². The van der Waals surface area contributed by atoms with Crippen LogP contribution in [0.2, 0.25) is 0 Å². The van der Waals surface area contributed by atoms with Crippen LogP contribution in [-0.2, 0) is 0 Å². The van der Waals surface area contributed by atoms with Gasteiger partial charge in [-0.3, -0.25) is 4.79 Å². The number of benzene rings is 1. The second kappa shape index (κ2) is 3.00. The number of hydrogen-bond acceptors (Lipinski definition) is 1. The minimum Gasteiger partial charge on any atom is -0.360 e. The highest BCUT2D eigenvalue weighted by Gasteiger charge is 2.06. The molecule has 0 aliphatic heterocycles. The second-order valence-electron chi connectivity index (χ2n) is 2.95. The van der Waals surface area contributed by atoms with E-state index in [9.17, 15) is 4.79 Å². The van der Waals surface area contributed by atoms with Crippen molar-refractivity contribution in [2.24, 2.45) is 0 Å². The number of fused-ring (bicyclic) bond motifs is 1. The molecule has 1 N–H and O–H groups in total. The molecule has 0 aliphatic rings. The molecule has 0 amide bonds. The van der Waals surface area contributed by atoms with Crippen molar-refractivity contribution in [1.29, 1.82) is 0 Å². The quantitative estimate of drug-likeness (QED) is 0.760. The molecule has 3 heteroatoms. The largest absolute Gasteiger partial charge is 0.360 e. The Bertz CT molecular complexity index is 473. The van der Waals surface area contributed by atoms with E-state index in [1.54, 1.807) is 13.1 Å². The smallest absolute Gasteiger partial charge is 0.161 e. The maximum atomic E-state index is 11.2. The van der Waals surface area contributed by atoms with Gasteiger partial charge in [0.2, 0.25) is 0 Å². The molecular formula is C10H8BrNO. The summed E-state index contributed by atoms with van der Waals surface area (Å²) >= 11 is 3.37. The van der Waals surface area contributed by atoms with Gasteiger partial charge in [-0.25, -0.2) is 0 Å². The van der Waals surface area contributed by atoms with Crippen LogP contribution in [0.1, 0.15) is 17.3 Å². The molecule has 13 heavy (non-hydrogen) atoms. The summed E-state index contributed by atoms with van der Waals surface area (Å²) in [7, 11) is 0. The average molecular weight is 238 g/mol. The maximum Gasteiger partial charge on any atom is 0.161 e. The summed E-state index contributed by atoms with van der Waals surface area (Å²) in [6.45, 7) is 1.57. The number of halogens is 1. The Balaban J connectivity index is 2.76. The molecule has 2 aromatic rings. The minimum absolute atomic E-state index is 0.0913. The lowest BCUT2D eigenvalue weighted by Crippen LogP contribution is -1.88. The molecule has 1 aromatic heterocycles. The summed E-state index contributed by atoms with van der Waals surface area (Å²) in [4.78, 5) is 14.2. The molecule has 0 radical (unpaired) electrons. The van der Waals surface area contributed by atoms with Gasteiger partial charge in [-0.15, -0.1) is 0 Å². The van der Waals surface area contributed by atoms with Gasteiger partial charge < -0.3 is 4.98 Å². The predicted molar refractivity (Wildman–Crippen MR) is 56.0 cm³/mol. The first-order valence-corrected chi connectivity index (χ1v) is 4.75. The van der Waals surface area contributed by atoms with Crippen LogP contribution in [0.4, 0.5) is 0 Å². The highest BCUT2D eigenvalue weighted by Crippen LogP contribution is 2.22. The Morgan fingerprint density at radius 2 is 2.23 bits per heavy atom. The number of hydrogen-bond donors (Lipinski definition) is 1. The Hall–Kier alpha value is -1.09. The van der Waals surface area contributed by atoms with Crippen LogP contribution < -0.4 is 0 Å². The number of carbonyl (C=O) groups excluding carboxylic acids is 1. The van der Waals surface area contributed by atoms with Gasteiger partial charge in [0.15, 0.2) is 5.78 Å². The summed E-state index contributed by atoms with van der Waals surface area (Å²) in [5.74, 6) is 0.0913. The second-order valence-corrected chi connectivity index (χ2v) is 3.86. The molecule has 66 valence electrons. The van der Waals surface area contributed by atoms with Crippen molar-refractivity contribution >= 4 is 32.6 Å². The fourth-order valence-electron chi connectivity index (χ4n) is 1.39. The monoisotopic (exact) mass is 237 g/mol. The first kappa shape index (κ1) is 8.51. The van der Waals surface area contributed by atoms with Crippen LogP contribution in [0.5, 0.6) is 0 Å². The molecule has 2 nitrogen and oxygen atoms in total. The van der Waals surface area contributed by atoms with Gasteiger partial charge in [-0.1, -0.05) is 22.0 Å². The molecule has 0 atom stereocenters. The van der Waals surface area contributed by atoms with Gasteiger partial charge in [0.05, 0.1) is 0 Å². The van der Waals surface area contributed by atoms with E-state index in [-0.39, 0.29) is 5.78 Å². The van der Waals surface area contributed by atoms with E-state index >= 15 is 0 Å². The van der Waals surface area contributed by atoms with Crippen LogP contribution in [0.3, 0.4) is 0 Å². The van der Waals surface area contributed by atoms with Crippen molar-refractivity contribution in [3.8, 4) is 0 Å². The van der Waals surface area contributed by atoms with E-state index in [1.807, 2.05) is 18.2 Å². The number of carbonyl (C=O) groups is 1. The lowest BCUT2D eigenvalue weighted by atomic mass is 10.1. The molecule has 0 unspecified atom stereocenters. The first-order valence-electron chi connectivity index (χ1n) is 3.96. The van der Waals surface area contributed by atoms with E-state index in [4.69, 9.17) is 0 Å². The number of H-pyrrole nitrogens is 1. The van der Waals surface area contributed by atoms with Gasteiger partial charge >= 0.3 is 0 Å². The molecule has 1 heterocycles. The fraction of sp³-hybridized carbons (Fsp3) is 0.100. The van der Waals surface area contributed by atoms with Crippen molar-refractivity contribution < 1.29 is 4.79 Å². The van der Waals surface area contributed by atoms with Crippen LogP contribution in [0.25, 0.3) is 10.9 Å². The summed E-state index contributed by atoms with van der Waals surface area (Å²) < 4.78 is 1.01. The number of nitrogens with one attached hydrogen (secondary N) is 1. The van der Waals surface area contributed by atoms with Gasteiger partial charge in [-0.05, 0) is 19.1 Å². The molecule has 2 rings (SSSR count). The highest BCUT2D eigenvalue weighted by molar-refractivity contribution is 9.10. The molecular weight excluding hydrogens is 230 g/mol. The third kappa shape index (κ3) is 1.40. The van der Waals surface area contributed by atoms with Crippen LogP contribution in [0.15, 0.2) is 28.9 Å². The standard InChI is InChI=1S/C10H8BrNO/c1-6(13)9-5-12-10-4-7(11)2-3-8(9)10/h2-5,12H,1H3. The van der Waals surface area contributed by atoms with Crippen LogP contribution in [0, 0.1) is 0 Å². The fourth-order valence-corrected chi connectivity index (χ4v) is 1.75. The van der Waals surface area contributed by atoms with Crippen LogP contribution in [-0.4, -0.2) is 10.8 Å². The Labute approximate surface area is 84.1 Å². The summed E-state index contributed by atoms with van der Waals surface area (Å²) in [5.41, 5.74) is 1.74. The Morgan fingerprint density at radius 1 is 1.46 bits per heavy atom. The molecule has 0 bridgehead atoms. The van der Waals surface area contributed by atoms with Gasteiger partial charge in [-0.2, -0.15) is 0 Å². The van der Waals surface area contributed by atoms with Crippen molar-refractivity contribution in [2.45, 2.75) is 6.92 Å². The maximum absolute atomic E-state index is 11.2. The van der Waals surface area contributed by atoms with Crippen molar-refractivity contribution in [1.82, 2.24) is 4.98 Å². The predicted octanol–water partition coefficient (Wildman–Crippen LogP) is 3.13. The molecule has 0 saturated carbocycles. The van der Waals surface area contributed by atoms with Crippen molar-refractivity contribution in [3.63, 3.8) is 0 Å². The minimum atomic E-state index is 0.0913. The average Bonchev–Trinajstić information content (AvgIpc) is 2.46.